The van der Waals surface area contributed by atoms with Gasteiger partial charge in [-0.05, 0) is 83.6 Å². The summed E-state index contributed by atoms with van der Waals surface area (Å²) in [5.74, 6) is -2.73. The molecule has 7 amide bonds. The standard InChI is InChI=1S/C63H80FN7O15Si2/c1-37(2)56(67-63(78)79)58(73)65-38(3)57(72)66-43-17-14-39(15-18-43)41-27-49-61(76)70(35-83-22-24-87(7,8)9)47-31-54(52(81-5)29-44(47)59(74)68(49)33-41)85-20-13-21-86-55-32-48-45(30-53(55)82-6)60(75)69-34-42(40-16-19-51(80-4)46(64)26-40)28-50(69)62(77)71(48)36-84-23-25-88(10,11)12/h14-19,26,29-34,37-38,49-50,56,67H,13,20-25,27-28,35-36H2,1-12H3,(H,65,73)(H,66,72)(H,78,79)/t38?,49-,50-,56?/m0/s1. The average Bonchev–Trinajstić information content (AvgIpc) is 2.15. The van der Waals surface area contributed by atoms with Crippen LogP contribution in [0, 0.1) is 11.7 Å². The summed E-state index contributed by atoms with van der Waals surface area (Å²) in [6.45, 7) is 18.9. The van der Waals surface area contributed by atoms with E-state index in [1.165, 1.54) is 60.0 Å². The first-order chi connectivity index (χ1) is 41.7. The van der Waals surface area contributed by atoms with E-state index in [2.05, 4.69) is 55.2 Å². The lowest BCUT2D eigenvalue weighted by molar-refractivity contribution is -0.128. The normalized spacial score (nSPS) is 17.2. The minimum Gasteiger partial charge on any atom is -0.494 e. The molecule has 2 unspecified atom stereocenters. The van der Waals surface area contributed by atoms with E-state index in [-0.39, 0.29) is 108 Å². The van der Waals surface area contributed by atoms with Crippen LogP contribution in [0.1, 0.15) is 71.9 Å². The van der Waals surface area contributed by atoms with Crippen LogP contribution >= 0.6 is 0 Å². The number of carboxylic acid groups (broad SMARTS) is 1. The molecule has 22 nitrogen and oxygen atoms in total. The summed E-state index contributed by atoms with van der Waals surface area (Å²) in [7, 11) is 1.22. The number of anilines is 3. The van der Waals surface area contributed by atoms with Crippen LogP contribution in [0.2, 0.25) is 51.4 Å². The lowest BCUT2D eigenvalue weighted by Gasteiger charge is -2.27. The Morgan fingerprint density at radius 3 is 1.50 bits per heavy atom. The highest BCUT2D eigenvalue weighted by molar-refractivity contribution is 6.76. The second kappa shape index (κ2) is 27.8. The number of nitrogens with one attached hydrogen (secondary N) is 3. The van der Waals surface area contributed by atoms with E-state index < -0.39 is 75.9 Å². The Hall–Kier alpha value is -8.27. The number of amides is 7. The SMILES string of the molecule is COc1ccc(C2=CN3C(=O)c4cc(OC)c(OCCCOc5cc6c(cc5OC)C(=O)N5C=C(c7ccc(NC(=O)C(C)NC(=O)C(NC(=O)O)C(C)C)cc7)C[C@H]5C(=O)N6COCC[Si](C)(C)C)cc4N(COCC[Si](C)(C)C)C(=O)[C@@H]3C2)cc1F. The number of fused-ring (bicyclic) bond motifs is 4. The molecule has 4 N–H and O–H groups in total. The first-order valence-corrected chi connectivity index (χ1v) is 36.7. The van der Waals surface area contributed by atoms with Crippen molar-refractivity contribution in [3.8, 4) is 28.7 Å². The molecule has 0 fully saturated rings. The largest absolute Gasteiger partial charge is 0.494 e. The second-order valence-electron chi connectivity index (χ2n) is 24.8. The van der Waals surface area contributed by atoms with Gasteiger partial charge in [-0.1, -0.05) is 71.3 Å². The van der Waals surface area contributed by atoms with Crippen molar-refractivity contribution in [3.63, 3.8) is 0 Å². The van der Waals surface area contributed by atoms with Crippen molar-refractivity contribution in [2.24, 2.45) is 5.92 Å². The summed E-state index contributed by atoms with van der Waals surface area (Å²) in [6, 6.07) is 15.4. The second-order valence-corrected chi connectivity index (χ2v) is 36.1. The Morgan fingerprint density at radius 2 is 1.07 bits per heavy atom. The molecule has 0 bridgehead atoms. The highest BCUT2D eigenvalue weighted by atomic mass is 28.3. The van der Waals surface area contributed by atoms with E-state index in [0.717, 1.165) is 12.1 Å². The Bertz CT molecular complexity index is 3380. The first-order valence-electron chi connectivity index (χ1n) is 29.3. The molecule has 8 rings (SSSR count). The van der Waals surface area contributed by atoms with Gasteiger partial charge >= 0.3 is 6.09 Å². The van der Waals surface area contributed by atoms with Crippen molar-refractivity contribution < 1.29 is 76.2 Å². The van der Waals surface area contributed by atoms with Crippen molar-refractivity contribution in [1.29, 1.82) is 0 Å². The van der Waals surface area contributed by atoms with Gasteiger partial charge in [-0.25, -0.2) is 9.18 Å². The number of hydrogen-bond acceptors (Lipinski definition) is 14. The number of halogens is 1. The fourth-order valence-electron chi connectivity index (χ4n) is 10.4. The minimum absolute atomic E-state index is 0.0721. The van der Waals surface area contributed by atoms with Gasteiger partial charge < -0.3 is 64.0 Å². The highest BCUT2D eigenvalue weighted by Gasteiger charge is 2.45. The Labute approximate surface area is 514 Å². The summed E-state index contributed by atoms with van der Waals surface area (Å²) in [4.78, 5) is 102. The number of methoxy groups -OCH3 is 3. The maximum absolute atomic E-state index is 14.9. The average molecular weight is 1250 g/mol. The fourth-order valence-corrected chi connectivity index (χ4v) is 11.9. The lowest BCUT2D eigenvalue weighted by Crippen LogP contribution is -2.53. The van der Waals surface area contributed by atoms with Gasteiger partial charge in [0.15, 0.2) is 34.6 Å². The zero-order valence-corrected chi connectivity index (χ0v) is 54.0. The maximum Gasteiger partial charge on any atom is 0.405 e. The van der Waals surface area contributed by atoms with Crippen molar-refractivity contribution in [3.05, 3.63) is 107 Å². The first kappa shape index (κ1) is 65.7. The van der Waals surface area contributed by atoms with Crippen molar-refractivity contribution in [2.75, 3.05) is 76.3 Å². The van der Waals surface area contributed by atoms with Crippen LogP contribution < -0.4 is 49.4 Å². The van der Waals surface area contributed by atoms with Gasteiger partial charge in [0.25, 0.3) is 23.6 Å². The number of carbonyl (C=O) groups excluding carboxylic acids is 6. The summed E-state index contributed by atoms with van der Waals surface area (Å²) >= 11 is 0. The predicted molar refractivity (Wildman–Crippen MR) is 335 cm³/mol. The zero-order chi connectivity index (χ0) is 63.9. The summed E-state index contributed by atoms with van der Waals surface area (Å²) in [5.41, 5.74) is 3.83. The number of hydrogen-bond donors (Lipinski definition) is 4. The number of nitrogens with zero attached hydrogens (tertiary/aromatic N) is 4. The number of rotatable bonds is 27. The molecule has 0 aliphatic carbocycles. The highest BCUT2D eigenvalue weighted by Crippen LogP contribution is 2.44. The van der Waals surface area contributed by atoms with Gasteiger partial charge in [0.1, 0.15) is 37.6 Å². The molecule has 0 spiro atoms. The quantitative estimate of drug-likeness (QED) is 0.0321. The van der Waals surface area contributed by atoms with Gasteiger partial charge in [0, 0.05) is 78.8 Å². The number of ether oxygens (including phenoxy) is 7. The van der Waals surface area contributed by atoms with E-state index in [1.807, 2.05) is 0 Å². The third-order valence-corrected chi connectivity index (χ3v) is 18.9. The summed E-state index contributed by atoms with van der Waals surface area (Å²) < 4.78 is 56.7. The van der Waals surface area contributed by atoms with Gasteiger partial charge in [0.05, 0.1) is 57.0 Å². The molecular weight excluding hydrogens is 1170 g/mol. The van der Waals surface area contributed by atoms with Crippen LogP contribution in [0.25, 0.3) is 11.1 Å². The van der Waals surface area contributed by atoms with E-state index in [9.17, 15) is 43.1 Å². The van der Waals surface area contributed by atoms with Crippen LogP contribution in [-0.4, -0.2) is 158 Å². The van der Waals surface area contributed by atoms with Crippen LogP contribution in [-0.2, 0) is 28.7 Å². The van der Waals surface area contributed by atoms with E-state index >= 15 is 0 Å². The van der Waals surface area contributed by atoms with E-state index in [0.29, 0.717) is 47.6 Å². The van der Waals surface area contributed by atoms with Crippen LogP contribution in [0.15, 0.2) is 79.1 Å². The Morgan fingerprint density at radius 1 is 0.602 bits per heavy atom. The van der Waals surface area contributed by atoms with Gasteiger partial charge in [0.2, 0.25) is 11.8 Å². The number of carbonyl (C=O) groups is 7. The molecule has 4 heterocycles. The van der Waals surface area contributed by atoms with E-state index in [4.69, 9.17) is 33.2 Å². The minimum atomic E-state index is -1.54. The smallest absolute Gasteiger partial charge is 0.405 e. The van der Waals surface area contributed by atoms with Crippen molar-refractivity contribution >= 4 is 85.9 Å². The van der Waals surface area contributed by atoms with Crippen molar-refractivity contribution in [1.82, 2.24) is 20.4 Å². The third-order valence-electron chi connectivity index (χ3n) is 15.5. The molecule has 4 aromatic rings. The molecule has 0 aromatic heterocycles. The van der Waals surface area contributed by atoms with E-state index in [1.54, 1.807) is 80.8 Å². The Balaban J connectivity index is 0.985. The number of benzene rings is 4. The van der Waals surface area contributed by atoms with Gasteiger partial charge in [-0.15, -0.1) is 0 Å². The predicted octanol–water partition coefficient (Wildman–Crippen LogP) is 9.26. The van der Waals surface area contributed by atoms with Crippen molar-refractivity contribution in [2.45, 2.75) is 116 Å². The fraction of sp³-hybridized carbons (Fsp3) is 0.444. The Kier molecular flexibility index (Phi) is 20.8. The van der Waals surface area contributed by atoms with Gasteiger partial charge in [-0.2, -0.15) is 0 Å². The molecular formula is C63H80FN7O15Si2. The molecule has 4 aliphatic rings. The summed E-state index contributed by atoms with van der Waals surface area (Å²) in [5, 5.41) is 16.7. The molecule has 4 atom stereocenters. The molecule has 25 heteroatoms. The monoisotopic (exact) mass is 1250 g/mol. The maximum atomic E-state index is 14.9. The van der Waals surface area contributed by atoms with Crippen LogP contribution in [0.4, 0.5) is 26.2 Å². The molecule has 4 aromatic carbocycles. The molecule has 0 radical (unpaired) electrons. The van der Waals surface area contributed by atoms with Gasteiger partial charge in [-0.3, -0.25) is 38.6 Å². The molecule has 0 saturated heterocycles. The van der Waals surface area contributed by atoms with Crippen LogP contribution in [0.5, 0.6) is 28.7 Å². The zero-order valence-electron chi connectivity index (χ0n) is 52.0. The lowest BCUT2D eigenvalue weighted by atomic mass is 10.0. The van der Waals surface area contributed by atoms with Crippen LogP contribution in [0.3, 0.4) is 0 Å². The molecule has 0 saturated carbocycles. The molecule has 88 heavy (non-hydrogen) atoms. The molecule has 4 aliphatic heterocycles. The summed E-state index contributed by atoms with van der Waals surface area (Å²) in [6.07, 6.45) is 2.49. The molecule has 472 valence electrons. The topological polar surface area (TPSA) is 253 Å². The third kappa shape index (κ3) is 15.3.